The summed E-state index contributed by atoms with van der Waals surface area (Å²) in [6, 6.07) is 5.88. The zero-order valence-electron chi connectivity index (χ0n) is 11.9. The van der Waals surface area contributed by atoms with Gasteiger partial charge in [-0.15, -0.1) is 0 Å². The van der Waals surface area contributed by atoms with Gasteiger partial charge in [0.15, 0.2) is 0 Å². The molecule has 0 radical (unpaired) electrons. The van der Waals surface area contributed by atoms with Gasteiger partial charge in [0.05, 0.1) is 17.6 Å². The van der Waals surface area contributed by atoms with Crippen molar-refractivity contribution >= 4 is 32.2 Å². The van der Waals surface area contributed by atoms with E-state index in [1.165, 1.54) is 10.6 Å². The molecular formula is C14H18N4O2S. The van der Waals surface area contributed by atoms with Crippen LogP contribution < -0.4 is 10.6 Å². The molecule has 1 fully saturated rings. The quantitative estimate of drug-likeness (QED) is 0.834. The molecule has 1 aromatic heterocycles. The van der Waals surface area contributed by atoms with Gasteiger partial charge >= 0.3 is 0 Å². The van der Waals surface area contributed by atoms with Crippen molar-refractivity contribution < 1.29 is 8.42 Å². The third-order valence-corrected chi connectivity index (χ3v) is 5.19. The van der Waals surface area contributed by atoms with E-state index in [4.69, 9.17) is 5.73 Å². The van der Waals surface area contributed by atoms with Crippen LogP contribution in [0.25, 0.3) is 10.8 Å². The molecule has 3 rings (SSSR count). The number of rotatable bonds is 2. The Morgan fingerprint density at radius 1 is 1.14 bits per heavy atom. The summed E-state index contributed by atoms with van der Waals surface area (Å²) in [6.07, 6.45) is 4.77. The van der Waals surface area contributed by atoms with Crippen LogP contribution in [0.1, 0.15) is 0 Å². The normalized spacial score (nSPS) is 17.3. The Morgan fingerprint density at radius 2 is 1.86 bits per heavy atom. The molecule has 0 spiro atoms. The van der Waals surface area contributed by atoms with Gasteiger partial charge in [0.2, 0.25) is 10.0 Å². The van der Waals surface area contributed by atoms with Crippen LogP contribution in [-0.4, -0.2) is 50.1 Å². The van der Waals surface area contributed by atoms with E-state index in [9.17, 15) is 8.42 Å². The number of nitrogens with zero attached hydrogens (tertiary/aromatic N) is 3. The summed E-state index contributed by atoms with van der Waals surface area (Å²) < 4.78 is 24.6. The van der Waals surface area contributed by atoms with E-state index in [1.54, 1.807) is 12.4 Å². The minimum atomic E-state index is -3.11. The van der Waals surface area contributed by atoms with Gasteiger partial charge in [0, 0.05) is 49.3 Å². The standard InChI is InChI=1S/C14H18N4O2S/c1-21(19,20)18-8-6-17(7-9-18)13-3-2-11-10-16-5-4-12(11)14(13)15/h2-5,10H,6-9,15H2,1H3. The number of nitrogen functional groups attached to an aromatic ring is 1. The highest BCUT2D eigenvalue weighted by Gasteiger charge is 2.24. The maximum Gasteiger partial charge on any atom is 0.211 e. The SMILES string of the molecule is CS(=O)(=O)N1CCN(c2ccc3cnccc3c2N)CC1. The van der Waals surface area contributed by atoms with Crippen LogP contribution in [0.3, 0.4) is 0 Å². The number of hydrogen-bond donors (Lipinski definition) is 1. The first-order valence-corrected chi connectivity index (χ1v) is 8.64. The molecule has 1 saturated heterocycles. The number of anilines is 2. The van der Waals surface area contributed by atoms with Crippen LogP contribution >= 0.6 is 0 Å². The molecule has 2 N–H and O–H groups in total. The molecule has 2 heterocycles. The number of piperazine rings is 1. The number of pyridine rings is 1. The van der Waals surface area contributed by atoms with Crippen LogP contribution in [0.5, 0.6) is 0 Å². The number of nitrogens with two attached hydrogens (primary N) is 1. The molecule has 0 unspecified atom stereocenters. The second-order valence-corrected chi connectivity index (χ2v) is 7.23. The molecule has 0 atom stereocenters. The number of hydrogen-bond acceptors (Lipinski definition) is 5. The summed E-state index contributed by atoms with van der Waals surface area (Å²) in [6.45, 7) is 2.28. The van der Waals surface area contributed by atoms with Crippen molar-refractivity contribution in [2.45, 2.75) is 0 Å². The zero-order valence-corrected chi connectivity index (χ0v) is 12.7. The number of aromatic nitrogens is 1. The van der Waals surface area contributed by atoms with Crippen LogP contribution in [0.4, 0.5) is 11.4 Å². The fourth-order valence-electron chi connectivity index (χ4n) is 2.72. The van der Waals surface area contributed by atoms with Crippen molar-refractivity contribution in [2.24, 2.45) is 0 Å². The fourth-order valence-corrected chi connectivity index (χ4v) is 3.54. The van der Waals surface area contributed by atoms with Gasteiger partial charge in [-0.25, -0.2) is 8.42 Å². The predicted octanol–water partition coefficient (Wildman–Crippen LogP) is 0.899. The largest absolute Gasteiger partial charge is 0.397 e. The Morgan fingerprint density at radius 3 is 2.52 bits per heavy atom. The van der Waals surface area contributed by atoms with Crippen molar-refractivity contribution in [1.82, 2.24) is 9.29 Å². The molecule has 112 valence electrons. The van der Waals surface area contributed by atoms with Crippen LogP contribution in [-0.2, 0) is 10.0 Å². The van der Waals surface area contributed by atoms with E-state index in [0.29, 0.717) is 26.2 Å². The molecule has 0 amide bonds. The van der Waals surface area contributed by atoms with E-state index >= 15 is 0 Å². The van der Waals surface area contributed by atoms with Gasteiger partial charge in [-0.2, -0.15) is 4.31 Å². The first-order valence-electron chi connectivity index (χ1n) is 6.79. The van der Waals surface area contributed by atoms with E-state index < -0.39 is 10.0 Å². The number of fused-ring (bicyclic) bond motifs is 1. The minimum Gasteiger partial charge on any atom is -0.397 e. The van der Waals surface area contributed by atoms with E-state index in [-0.39, 0.29) is 0 Å². The van der Waals surface area contributed by atoms with Crippen LogP contribution in [0.15, 0.2) is 30.6 Å². The molecule has 6 nitrogen and oxygen atoms in total. The van der Waals surface area contributed by atoms with Crippen molar-refractivity contribution in [3.63, 3.8) is 0 Å². The second-order valence-electron chi connectivity index (χ2n) is 5.24. The molecule has 0 saturated carbocycles. The maximum absolute atomic E-state index is 11.5. The van der Waals surface area contributed by atoms with Crippen molar-refractivity contribution in [2.75, 3.05) is 43.1 Å². The molecule has 7 heteroatoms. The lowest BCUT2D eigenvalue weighted by Crippen LogP contribution is -2.48. The molecule has 1 aliphatic rings. The highest BCUT2D eigenvalue weighted by Crippen LogP contribution is 2.31. The van der Waals surface area contributed by atoms with Crippen molar-refractivity contribution in [1.29, 1.82) is 0 Å². The highest BCUT2D eigenvalue weighted by atomic mass is 32.2. The fraction of sp³-hybridized carbons (Fsp3) is 0.357. The summed E-state index contributed by atoms with van der Waals surface area (Å²) >= 11 is 0. The summed E-state index contributed by atoms with van der Waals surface area (Å²) in [5, 5.41) is 1.99. The van der Waals surface area contributed by atoms with Gasteiger partial charge in [-0.05, 0) is 12.1 Å². The van der Waals surface area contributed by atoms with Crippen molar-refractivity contribution in [3.8, 4) is 0 Å². The Hall–Kier alpha value is -1.86. The smallest absolute Gasteiger partial charge is 0.211 e. The Balaban J connectivity index is 1.87. The van der Waals surface area contributed by atoms with Gasteiger partial charge in [-0.1, -0.05) is 6.07 Å². The molecular weight excluding hydrogens is 288 g/mol. The molecule has 1 aliphatic heterocycles. The first kappa shape index (κ1) is 14.1. The van der Waals surface area contributed by atoms with E-state index in [0.717, 1.165) is 22.1 Å². The number of sulfonamides is 1. The van der Waals surface area contributed by atoms with Gasteiger partial charge < -0.3 is 10.6 Å². The summed E-state index contributed by atoms with van der Waals surface area (Å²) in [5.41, 5.74) is 7.95. The first-order chi connectivity index (χ1) is 9.97. The van der Waals surface area contributed by atoms with Gasteiger partial charge in [-0.3, -0.25) is 4.98 Å². The van der Waals surface area contributed by atoms with E-state index in [1.807, 2.05) is 18.2 Å². The van der Waals surface area contributed by atoms with Gasteiger partial charge in [0.1, 0.15) is 0 Å². The molecule has 2 aromatic rings. The lowest BCUT2D eigenvalue weighted by molar-refractivity contribution is 0.388. The Labute approximate surface area is 124 Å². The summed E-state index contributed by atoms with van der Waals surface area (Å²) in [7, 11) is -3.11. The second kappa shape index (κ2) is 5.16. The zero-order chi connectivity index (χ0) is 15.0. The molecule has 21 heavy (non-hydrogen) atoms. The van der Waals surface area contributed by atoms with Crippen molar-refractivity contribution in [3.05, 3.63) is 30.6 Å². The maximum atomic E-state index is 11.5. The lowest BCUT2D eigenvalue weighted by Gasteiger charge is -2.35. The average Bonchev–Trinajstić information content (AvgIpc) is 2.47. The monoisotopic (exact) mass is 306 g/mol. The lowest BCUT2D eigenvalue weighted by atomic mass is 10.1. The minimum absolute atomic E-state index is 0.493. The summed E-state index contributed by atoms with van der Waals surface area (Å²) in [4.78, 5) is 6.23. The Kier molecular flexibility index (Phi) is 3.46. The van der Waals surface area contributed by atoms with Gasteiger partial charge in [0.25, 0.3) is 0 Å². The molecule has 1 aromatic carbocycles. The van der Waals surface area contributed by atoms with Crippen LogP contribution in [0, 0.1) is 0 Å². The third-order valence-electron chi connectivity index (χ3n) is 3.89. The third kappa shape index (κ3) is 2.66. The average molecular weight is 306 g/mol. The summed E-state index contributed by atoms with van der Waals surface area (Å²) in [5.74, 6) is 0. The van der Waals surface area contributed by atoms with E-state index in [2.05, 4.69) is 9.88 Å². The topological polar surface area (TPSA) is 79.5 Å². The predicted molar refractivity (Wildman–Crippen MR) is 84.8 cm³/mol. The van der Waals surface area contributed by atoms with Crippen LogP contribution in [0.2, 0.25) is 0 Å². The number of benzene rings is 1. The Bertz CT molecular complexity index is 768. The molecule has 0 aliphatic carbocycles. The highest BCUT2D eigenvalue weighted by molar-refractivity contribution is 7.88. The molecule has 0 bridgehead atoms.